The number of pyridine rings is 1. The van der Waals surface area contributed by atoms with E-state index in [1.165, 1.54) is 0 Å². The average Bonchev–Trinajstić information content (AvgIpc) is 2.27. The highest BCUT2D eigenvalue weighted by Gasteiger charge is 2.09. The molecule has 0 radical (unpaired) electrons. The van der Waals surface area contributed by atoms with Crippen LogP contribution in [0.1, 0.15) is 38.8 Å². The van der Waals surface area contributed by atoms with Crippen LogP contribution in [0.25, 0.3) is 0 Å². The van der Waals surface area contributed by atoms with Crippen LogP contribution in [0.15, 0.2) is 18.3 Å². The minimum atomic E-state index is 0.0560. The fourth-order valence-electron chi connectivity index (χ4n) is 1.38. The second kappa shape index (κ2) is 5.12. The number of nitrogens with zero attached hydrogens (tertiary/aromatic N) is 2. The number of aromatic nitrogens is 1. The first-order valence-corrected chi connectivity index (χ1v) is 5.50. The van der Waals surface area contributed by atoms with Crippen molar-refractivity contribution in [3.05, 3.63) is 23.9 Å². The quantitative estimate of drug-likeness (QED) is 0.824. The Morgan fingerprint density at radius 1 is 1.40 bits per heavy atom. The van der Waals surface area contributed by atoms with Crippen LogP contribution in [0.2, 0.25) is 0 Å². The molecule has 1 rings (SSSR count). The van der Waals surface area contributed by atoms with Crippen molar-refractivity contribution in [2.45, 2.75) is 39.3 Å². The first-order chi connectivity index (χ1) is 7.06. The molecule has 1 aromatic heterocycles. The number of hydrogen-bond acceptors (Lipinski definition) is 3. The van der Waals surface area contributed by atoms with Gasteiger partial charge in [0.15, 0.2) is 0 Å². The number of hydrogen-bond donors (Lipinski definition) is 1. The second-order valence-corrected chi connectivity index (χ2v) is 4.11. The third kappa shape index (κ3) is 2.93. The van der Waals surface area contributed by atoms with Crippen LogP contribution in [-0.4, -0.2) is 18.1 Å². The van der Waals surface area contributed by atoms with Gasteiger partial charge in [0.2, 0.25) is 0 Å². The van der Waals surface area contributed by atoms with Gasteiger partial charge in [0.05, 0.1) is 0 Å². The molecule has 0 aliphatic heterocycles. The van der Waals surface area contributed by atoms with E-state index in [4.69, 9.17) is 5.73 Å². The van der Waals surface area contributed by atoms with Gasteiger partial charge in [-0.3, -0.25) is 0 Å². The Morgan fingerprint density at radius 2 is 2.07 bits per heavy atom. The van der Waals surface area contributed by atoms with Crippen LogP contribution in [0.4, 0.5) is 5.82 Å². The van der Waals surface area contributed by atoms with Crippen molar-refractivity contribution in [1.29, 1.82) is 0 Å². The molecule has 0 saturated heterocycles. The van der Waals surface area contributed by atoms with Gasteiger partial charge in [0, 0.05) is 25.3 Å². The zero-order valence-electron chi connectivity index (χ0n) is 10.1. The Labute approximate surface area is 92.3 Å². The van der Waals surface area contributed by atoms with Crippen molar-refractivity contribution < 1.29 is 0 Å². The monoisotopic (exact) mass is 207 g/mol. The van der Waals surface area contributed by atoms with E-state index in [2.05, 4.69) is 30.8 Å². The molecule has 0 fully saturated rings. The first-order valence-electron chi connectivity index (χ1n) is 5.50. The molecule has 15 heavy (non-hydrogen) atoms. The van der Waals surface area contributed by atoms with Gasteiger partial charge < -0.3 is 10.6 Å². The SMILES string of the molecule is CCC(C)N(C)c1ccc([C@H](C)N)cn1. The largest absolute Gasteiger partial charge is 0.357 e. The number of anilines is 1. The fourth-order valence-corrected chi connectivity index (χ4v) is 1.38. The van der Waals surface area contributed by atoms with Crippen LogP contribution in [-0.2, 0) is 0 Å². The van der Waals surface area contributed by atoms with Crippen molar-refractivity contribution in [2.75, 3.05) is 11.9 Å². The van der Waals surface area contributed by atoms with E-state index < -0.39 is 0 Å². The van der Waals surface area contributed by atoms with Gasteiger partial charge >= 0.3 is 0 Å². The van der Waals surface area contributed by atoms with E-state index in [9.17, 15) is 0 Å². The molecule has 1 unspecified atom stereocenters. The Morgan fingerprint density at radius 3 is 2.47 bits per heavy atom. The standard InChI is InChI=1S/C12H21N3/c1-5-9(2)15(4)12-7-6-11(8-14-12)10(3)13/h6-10H,5,13H2,1-4H3/t9?,10-/m0/s1. The van der Waals surface area contributed by atoms with Crippen molar-refractivity contribution in [2.24, 2.45) is 5.73 Å². The van der Waals surface area contributed by atoms with Crippen LogP contribution in [0.3, 0.4) is 0 Å². The predicted molar refractivity (Wildman–Crippen MR) is 65.0 cm³/mol. The Hall–Kier alpha value is -1.09. The molecule has 0 saturated carbocycles. The molecule has 2 N–H and O–H groups in total. The summed E-state index contributed by atoms with van der Waals surface area (Å²) in [6.07, 6.45) is 2.98. The zero-order valence-corrected chi connectivity index (χ0v) is 10.1. The molecule has 84 valence electrons. The molecule has 1 aromatic rings. The molecule has 3 heteroatoms. The summed E-state index contributed by atoms with van der Waals surface area (Å²) in [6, 6.07) is 4.65. The van der Waals surface area contributed by atoms with Gasteiger partial charge in [-0.2, -0.15) is 0 Å². The molecule has 0 aliphatic carbocycles. The summed E-state index contributed by atoms with van der Waals surface area (Å²) >= 11 is 0. The van der Waals surface area contributed by atoms with Gasteiger partial charge in [-0.05, 0) is 31.9 Å². The lowest BCUT2D eigenvalue weighted by Crippen LogP contribution is -2.28. The van der Waals surface area contributed by atoms with E-state index in [0.29, 0.717) is 6.04 Å². The lowest BCUT2D eigenvalue weighted by atomic mass is 10.1. The summed E-state index contributed by atoms with van der Waals surface area (Å²) in [5, 5.41) is 0. The van der Waals surface area contributed by atoms with Crippen LogP contribution in [0, 0.1) is 0 Å². The van der Waals surface area contributed by atoms with E-state index in [1.54, 1.807) is 0 Å². The van der Waals surface area contributed by atoms with Gasteiger partial charge in [-0.25, -0.2) is 4.98 Å². The maximum absolute atomic E-state index is 5.77. The van der Waals surface area contributed by atoms with Crippen molar-refractivity contribution in [3.8, 4) is 0 Å². The van der Waals surface area contributed by atoms with Crippen LogP contribution >= 0.6 is 0 Å². The van der Waals surface area contributed by atoms with Gasteiger partial charge in [0.25, 0.3) is 0 Å². The zero-order chi connectivity index (χ0) is 11.4. The molecule has 0 aliphatic rings. The second-order valence-electron chi connectivity index (χ2n) is 4.11. The highest BCUT2D eigenvalue weighted by atomic mass is 15.2. The van der Waals surface area contributed by atoms with E-state index in [1.807, 2.05) is 25.3 Å². The summed E-state index contributed by atoms with van der Waals surface area (Å²) < 4.78 is 0. The summed E-state index contributed by atoms with van der Waals surface area (Å²) in [7, 11) is 2.07. The maximum Gasteiger partial charge on any atom is 0.128 e. The molecule has 1 heterocycles. The molecular weight excluding hydrogens is 186 g/mol. The molecular formula is C12H21N3. The van der Waals surface area contributed by atoms with Gasteiger partial charge in [-0.15, -0.1) is 0 Å². The molecule has 3 nitrogen and oxygen atoms in total. The van der Waals surface area contributed by atoms with Crippen molar-refractivity contribution in [3.63, 3.8) is 0 Å². The topological polar surface area (TPSA) is 42.1 Å². The van der Waals surface area contributed by atoms with Gasteiger partial charge in [0.1, 0.15) is 5.82 Å². The number of nitrogens with two attached hydrogens (primary N) is 1. The van der Waals surface area contributed by atoms with Gasteiger partial charge in [-0.1, -0.05) is 13.0 Å². The lowest BCUT2D eigenvalue weighted by Gasteiger charge is -2.25. The highest BCUT2D eigenvalue weighted by Crippen LogP contribution is 2.16. The minimum absolute atomic E-state index is 0.0560. The molecule has 0 amide bonds. The molecule has 0 bridgehead atoms. The Kier molecular flexibility index (Phi) is 4.09. The molecule has 2 atom stereocenters. The third-order valence-corrected chi connectivity index (χ3v) is 2.91. The maximum atomic E-state index is 5.77. The fraction of sp³-hybridized carbons (Fsp3) is 0.583. The molecule has 0 aromatic carbocycles. The van der Waals surface area contributed by atoms with E-state index >= 15 is 0 Å². The predicted octanol–water partition coefficient (Wildman–Crippen LogP) is 2.34. The van der Waals surface area contributed by atoms with Crippen molar-refractivity contribution in [1.82, 2.24) is 4.98 Å². The first kappa shape index (κ1) is 12.0. The van der Waals surface area contributed by atoms with Crippen molar-refractivity contribution >= 4 is 5.82 Å². The minimum Gasteiger partial charge on any atom is -0.357 e. The normalized spacial score (nSPS) is 14.7. The Balaban J connectivity index is 2.79. The average molecular weight is 207 g/mol. The van der Waals surface area contributed by atoms with E-state index in [0.717, 1.165) is 17.8 Å². The van der Waals surface area contributed by atoms with Crippen LogP contribution in [0.5, 0.6) is 0 Å². The summed E-state index contributed by atoms with van der Waals surface area (Å²) in [6.45, 7) is 6.34. The summed E-state index contributed by atoms with van der Waals surface area (Å²) in [5.74, 6) is 1.01. The third-order valence-electron chi connectivity index (χ3n) is 2.91. The van der Waals surface area contributed by atoms with E-state index in [-0.39, 0.29) is 6.04 Å². The lowest BCUT2D eigenvalue weighted by molar-refractivity contribution is 0.656. The van der Waals surface area contributed by atoms with Crippen LogP contribution < -0.4 is 10.6 Å². The molecule has 0 spiro atoms. The summed E-state index contributed by atoms with van der Waals surface area (Å²) in [5.41, 5.74) is 6.85. The highest BCUT2D eigenvalue weighted by molar-refractivity contribution is 5.39. The Bertz CT molecular complexity index is 292. The summed E-state index contributed by atoms with van der Waals surface area (Å²) in [4.78, 5) is 6.60. The smallest absolute Gasteiger partial charge is 0.128 e. The number of rotatable bonds is 4.